The van der Waals surface area contributed by atoms with Gasteiger partial charge in [0.25, 0.3) is 11.1 Å². The van der Waals surface area contributed by atoms with Crippen LogP contribution in [0.1, 0.15) is 24.5 Å². The van der Waals surface area contributed by atoms with E-state index in [1.165, 1.54) is 4.90 Å². The Bertz CT molecular complexity index is 960. The number of carbonyl (C=O) groups excluding carboxylic acids is 2. The van der Waals surface area contributed by atoms with Crippen molar-refractivity contribution in [2.24, 2.45) is 0 Å². The zero-order valence-electron chi connectivity index (χ0n) is 15.9. The predicted octanol–water partition coefficient (Wildman–Crippen LogP) is 6.25. The van der Waals surface area contributed by atoms with Gasteiger partial charge in [-0.25, -0.2) is 0 Å². The van der Waals surface area contributed by atoms with E-state index in [1.54, 1.807) is 19.3 Å². The normalized spacial score (nSPS) is 15.3. The standard InChI is InChI=1S/C21H19Br2NO4S/c1-3-8-24-20(25)18(29-21(24)26)11-14-9-16(23)19(17(10-14)27-2)28-12-13-4-6-15(22)7-5-13/h4-7,9-11H,3,8,12H2,1-2H3/b18-11+. The van der Waals surface area contributed by atoms with Crippen molar-refractivity contribution < 1.29 is 19.1 Å². The van der Waals surface area contributed by atoms with Gasteiger partial charge in [0.15, 0.2) is 11.5 Å². The monoisotopic (exact) mass is 539 g/mol. The van der Waals surface area contributed by atoms with E-state index in [4.69, 9.17) is 9.47 Å². The number of hydrogen-bond donors (Lipinski definition) is 0. The van der Waals surface area contributed by atoms with Crippen LogP contribution in [0, 0.1) is 0 Å². The number of benzene rings is 2. The molecule has 2 aromatic rings. The van der Waals surface area contributed by atoms with Gasteiger partial charge in [0.05, 0.1) is 16.5 Å². The Morgan fingerprint density at radius 2 is 1.86 bits per heavy atom. The number of carbonyl (C=O) groups is 2. The van der Waals surface area contributed by atoms with Gasteiger partial charge in [-0.1, -0.05) is 35.0 Å². The van der Waals surface area contributed by atoms with Gasteiger partial charge in [0.2, 0.25) is 0 Å². The van der Waals surface area contributed by atoms with Crippen molar-refractivity contribution in [3.8, 4) is 11.5 Å². The van der Waals surface area contributed by atoms with Crippen LogP contribution in [0.15, 0.2) is 50.2 Å². The Morgan fingerprint density at radius 1 is 1.14 bits per heavy atom. The molecule has 0 saturated carbocycles. The highest BCUT2D eigenvalue weighted by atomic mass is 79.9. The van der Waals surface area contributed by atoms with Crippen molar-refractivity contribution >= 4 is 60.8 Å². The van der Waals surface area contributed by atoms with Crippen LogP contribution in [0.5, 0.6) is 11.5 Å². The largest absolute Gasteiger partial charge is 0.493 e. The van der Waals surface area contributed by atoms with Gasteiger partial charge in [-0.05, 0) is 75.6 Å². The smallest absolute Gasteiger partial charge is 0.293 e. The number of nitrogens with zero attached hydrogens (tertiary/aromatic N) is 1. The highest BCUT2D eigenvalue weighted by Gasteiger charge is 2.34. The van der Waals surface area contributed by atoms with Crippen molar-refractivity contribution in [2.45, 2.75) is 20.0 Å². The van der Waals surface area contributed by atoms with Crippen LogP contribution in [-0.2, 0) is 11.4 Å². The second-order valence-electron chi connectivity index (χ2n) is 6.28. The molecule has 0 N–H and O–H groups in total. The molecule has 0 atom stereocenters. The summed E-state index contributed by atoms with van der Waals surface area (Å²) in [5, 5.41) is -0.233. The molecule has 1 saturated heterocycles. The molecular weight excluding hydrogens is 522 g/mol. The number of thioether (sulfide) groups is 1. The van der Waals surface area contributed by atoms with Crippen LogP contribution in [0.3, 0.4) is 0 Å². The molecule has 1 fully saturated rings. The van der Waals surface area contributed by atoms with Crippen molar-refractivity contribution in [1.82, 2.24) is 4.90 Å². The van der Waals surface area contributed by atoms with Gasteiger partial charge in [-0.2, -0.15) is 0 Å². The topological polar surface area (TPSA) is 55.8 Å². The number of ether oxygens (including phenoxy) is 2. The summed E-state index contributed by atoms with van der Waals surface area (Å²) in [5.41, 5.74) is 1.77. The molecule has 152 valence electrons. The van der Waals surface area contributed by atoms with E-state index in [0.717, 1.165) is 33.8 Å². The third-order valence-corrected chi connectivity index (χ3v) is 6.19. The Hall–Kier alpha value is -1.77. The van der Waals surface area contributed by atoms with Gasteiger partial charge < -0.3 is 9.47 Å². The molecule has 0 aliphatic carbocycles. The van der Waals surface area contributed by atoms with E-state index in [1.807, 2.05) is 37.3 Å². The molecule has 1 aliphatic heterocycles. The average molecular weight is 541 g/mol. The quantitative estimate of drug-likeness (QED) is 0.389. The lowest BCUT2D eigenvalue weighted by Crippen LogP contribution is -2.28. The minimum absolute atomic E-state index is 0.233. The fourth-order valence-electron chi connectivity index (χ4n) is 2.77. The summed E-state index contributed by atoms with van der Waals surface area (Å²) in [6.07, 6.45) is 2.43. The van der Waals surface area contributed by atoms with Crippen LogP contribution in [0.2, 0.25) is 0 Å². The molecule has 1 aliphatic rings. The number of methoxy groups -OCH3 is 1. The van der Waals surface area contributed by atoms with Crippen LogP contribution in [0.4, 0.5) is 4.79 Å². The van der Waals surface area contributed by atoms with Gasteiger partial charge >= 0.3 is 0 Å². The molecular formula is C21H19Br2NO4S. The van der Waals surface area contributed by atoms with Gasteiger partial charge in [0, 0.05) is 11.0 Å². The number of halogens is 2. The van der Waals surface area contributed by atoms with Crippen LogP contribution in [-0.4, -0.2) is 29.7 Å². The predicted molar refractivity (Wildman–Crippen MR) is 122 cm³/mol. The van der Waals surface area contributed by atoms with Crippen LogP contribution < -0.4 is 9.47 Å². The number of hydrogen-bond acceptors (Lipinski definition) is 5. The maximum atomic E-state index is 12.4. The molecule has 0 unspecified atom stereocenters. The first-order valence-corrected chi connectivity index (χ1v) is 11.3. The van der Waals surface area contributed by atoms with Crippen LogP contribution in [0.25, 0.3) is 6.08 Å². The number of amides is 2. The maximum absolute atomic E-state index is 12.4. The zero-order valence-corrected chi connectivity index (χ0v) is 19.9. The van der Waals surface area contributed by atoms with Crippen molar-refractivity contribution in [2.75, 3.05) is 13.7 Å². The summed E-state index contributed by atoms with van der Waals surface area (Å²) in [4.78, 5) is 26.2. The first-order chi connectivity index (χ1) is 13.9. The van der Waals surface area contributed by atoms with E-state index in [2.05, 4.69) is 31.9 Å². The first kappa shape index (κ1) is 21.9. The van der Waals surface area contributed by atoms with Gasteiger partial charge in [-0.15, -0.1) is 0 Å². The maximum Gasteiger partial charge on any atom is 0.293 e. The van der Waals surface area contributed by atoms with Crippen molar-refractivity contribution in [1.29, 1.82) is 0 Å². The van der Waals surface area contributed by atoms with Gasteiger partial charge in [0.1, 0.15) is 6.61 Å². The fourth-order valence-corrected chi connectivity index (χ4v) is 4.47. The summed E-state index contributed by atoms with van der Waals surface area (Å²) in [5.74, 6) is 0.856. The molecule has 29 heavy (non-hydrogen) atoms. The van der Waals surface area contributed by atoms with Gasteiger partial charge in [-0.3, -0.25) is 14.5 Å². The van der Waals surface area contributed by atoms with Crippen LogP contribution >= 0.6 is 43.6 Å². The molecule has 8 heteroatoms. The Kier molecular flexibility index (Phi) is 7.43. The molecule has 0 aromatic heterocycles. The second-order valence-corrected chi connectivity index (χ2v) is 9.05. The highest BCUT2D eigenvalue weighted by molar-refractivity contribution is 9.10. The lowest BCUT2D eigenvalue weighted by atomic mass is 10.1. The molecule has 2 amide bonds. The second kappa shape index (κ2) is 9.82. The molecule has 2 aromatic carbocycles. The fraction of sp³-hybridized carbons (Fsp3) is 0.238. The Morgan fingerprint density at radius 3 is 2.52 bits per heavy atom. The first-order valence-electron chi connectivity index (χ1n) is 8.93. The zero-order chi connectivity index (χ0) is 21.0. The SMILES string of the molecule is CCCN1C(=O)S/C(=C/c2cc(Br)c(OCc3ccc(Br)cc3)c(OC)c2)C1=O. The van der Waals surface area contributed by atoms with Crippen molar-refractivity contribution in [3.63, 3.8) is 0 Å². The van der Waals surface area contributed by atoms with E-state index in [0.29, 0.717) is 34.0 Å². The Labute approximate surface area is 190 Å². The lowest BCUT2D eigenvalue weighted by molar-refractivity contribution is -0.122. The van der Waals surface area contributed by atoms with Crippen molar-refractivity contribution in [3.05, 3.63) is 61.4 Å². The van der Waals surface area contributed by atoms with E-state index < -0.39 is 0 Å². The highest BCUT2D eigenvalue weighted by Crippen LogP contribution is 2.39. The molecule has 0 spiro atoms. The molecule has 0 radical (unpaired) electrons. The molecule has 3 rings (SSSR count). The molecule has 0 bridgehead atoms. The minimum atomic E-state index is -0.257. The lowest BCUT2D eigenvalue weighted by Gasteiger charge is -2.14. The molecule has 1 heterocycles. The Balaban J connectivity index is 1.82. The molecule has 5 nitrogen and oxygen atoms in total. The third kappa shape index (κ3) is 5.24. The summed E-state index contributed by atoms with van der Waals surface area (Å²) >= 11 is 7.90. The number of imide groups is 1. The summed E-state index contributed by atoms with van der Waals surface area (Å²) in [6.45, 7) is 2.75. The third-order valence-electron chi connectivity index (χ3n) is 4.17. The van der Waals surface area contributed by atoms with E-state index in [-0.39, 0.29) is 11.1 Å². The summed E-state index contributed by atoms with van der Waals surface area (Å²) in [6, 6.07) is 11.5. The summed E-state index contributed by atoms with van der Waals surface area (Å²) < 4.78 is 13.1. The van der Waals surface area contributed by atoms with E-state index >= 15 is 0 Å². The number of rotatable bonds is 7. The average Bonchev–Trinajstić information content (AvgIpc) is 2.96. The summed E-state index contributed by atoms with van der Waals surface area (Å²) in [7, 11) is 1.56. The van der Waals surface area contributed by atoms with E-state index in [9.17, 15) is 9.59 Å². The minimum Gasteiger partial charge on any atom is -0.493 e.